The summed E-state index contributed by atoms with van der Waals surface area (Å²) >= 11 is 1.46. The molecule has 0 aromatic carbocycles. The Balaban J connectivity index is 1.90. The molecule has 0 aliphatic carbocycles. The van der Waals surface area contributed by atoms with Crippen LogP contribution in [0.3, 0.4) is 0 Å². The Morgan fingerprint density at radius 1 is 1.30 bits per heavy atom. The van der Waals surface area contributed by atoms with Gasteiger partial charge in [0.2, 0.25) is 5.91 Å². The zero-order valence-corrected chi connectivity index (χ0v) is 11.4. The third kappa shape index (κ3) is 4.13. The highest BCUT2D eigenvalue weighted by Crippen LogP contribution is 2.22. The lowest BCUT2D eigenvalue weighted by molar-refractivity contribution is -0.136. The minimum atomic E-state index is -0.932. The van der Waals surface area contributed by atoms with Crippen LogP contribution in [0.25, 0.3) is 10.6 Å². The van der Waals surface area contributed by atoms with Gasteiger partial charge in [0.25, 0.3) is 0 Å². The van der Waals surface area contributed by atoms with Crippen LogP contribution in [0.2, 0.25) is 0 Å². The summed E-state index contributed by atoms with van der Waals surface area (Å²) in [6, 6.07) is 3.71. The number of hydrogen-bond acceptors (Lipinski definition) is 5. The van der Waals surface area contributed by atoms with Crippen LogP contribution in [-0.2, 0) is 16.0 Å². The standard InChI is InChI=1S/C13H13N3O3S/c17-11(15-6-3-12(18)19)7-10-8-20-13(16-10)9-1-4-14-5-2-9/h1-2,4-5,8H,3,6-7H2,(H,15,17)(H,18,19). The lowest BCUT2D eigenvalue weighted by atomic mass is 10.3. The maximum atomic E-state index is 11.6. The van der Waals surface area contributed by atoms with Crippen LogP contribution in [0.15, 0.2) is 29.9 Å². The van der Waals surface area contributed by atoms with Crippen LogP contribution >= 0.6 is 11.3 Å². The number of aliphatic carboxylic acids is 1. The van der Waals surface area contributed by atoms with E-state index in [1.165, 1.54) is 11.3 Å². The molecule has 0 fully saturated rings. The second-order valence-corrected chi connectivity index (χ2v) is 4.91. The topological polar surface area (TPSA) is 92.2 Å². The first-order chi connectivity index (χ1) is 9.65. The van der Waals surface area contributed by atoms with E-state index in [0.29, 0.717) is 5.69 Å². The summed E-state index contributed by atoms with van der Waals surface area (Å²) in [7, 11) is 0. The molecular weight excluding hydrogens is 278 g/mol. The van der Waals surface area contributed by atoms with Gasteiger partial charge in [-0.05, 0) is 12.1 Å². The number of nitrogens with zero attached hydrogens (tertiary/aromatic N) is 2. The van der Waals surface area contributed by atoms with E-state index < -0.39 is 5.97 Å². The van der Waals surface area contributed by atoms with Crippen molar-refractivity contribution >= 4 is 23.2 Å². The van der Waals surface area contributed by atoms with E-state index in [9.17, 15) is 9.59 Å². The highest BCUT2D eigenvalue weighted by atomic mass is 32.1. The molecule has 2 heterocycles. The van der Waals surface area contributed by atoms with Crippen molar-refractivity contribution in [3.63, 3.8) is 0 Å². The third-order valence-electron chi connectivity index (χ3n) is 2.48. The molecule has 2 rings (SSSR count). The van der Waals surface area contributed by atoms with Crippen LogP contribution in [-0.4, -0.2) is 33.5 Å². The Bertz CT molecular complexity index is 598. The largest absolute Gasteiger partial charge is 0.481 e. The summed E-state index contributed by atoms with van der Waals surface area (Å²) < 4.78 is 0. The number of carboxylic acids is 1. The molecule has 0 saturated carbocycles. The average molecular weight is 291 g/mol. The van der Waals surface area contributed by atoms with E-state index in [1.807, 2.05) is 17.5 Å². The fraction of sp³-hybridized carbons (Fsp3) is 0.231. The summed E-state index contributed by atoms with van der Waals surface area (Å²) in [5, 5.41) is 13.7. The molecule has 1 amide bonds. The van der Waals surface area contributed by atoms with Crippen LogP contribution < -0.4 is 5.32 Å². The normalized spacial score (nSPS) is 10.2. The van der Waals surface area contributed by atoms with E-state index >= 15 is 0 Å². The third-order valence-corrected chi connectivity index (χ3v) is 3.42. The lowest BCUT2D eigenvalue weighted by Gasteiger charge is -2.01. The molecule has 6 nitrogen and oxygen atoms in total. The predicted octanol–water partition coefficient (Wildman–Crippen LogP) is 1.34. The number of nitrogens with one attached hydrogen (secondary N) is 1. The van der Waals surface area contributed by atoms with Crippen LogP contribution in [0.4, 0.5) is 0 Å². The van der Waals surface area contributed by atoms with E-state index in [0.717, 1.165) is 10.6 Å². The van der Waals surface area contributed by atoms with Crippen molar-refractivity contribution in [2.24, 2.45) is 0 Å². The maximum Gasteiger partial charge on any atom is 0.305 e. The molecule has 0 radical (unpaired) electrons. The molecule has 0 spiro atoms. The van der Waals surface area contributed by atoms with Crippen molar-refractivity contribution in [2.45, 2.75) is 12.8 Å². The molecule has 7 heteroatoms. The first-order valence-electron chi connectivity index (χ1n) is 5.98. The van der Waals surface area contributed by atoms with Gasteiger partial charge >= 0.3 is 5.97 Å². The highest BCUT2D eigenvalue weighted by Gasteiger charge is 2.09. The number of pyridine rings is 1. The van der Waals surface area contributed by atoms with Crippen LogP contribution in [0.1, 0.15) is 12.1 Å². The Hall–Kier alpha value is -2.28. The Morgan fingerprint density at radius 3 is 2.75 bits per heavy atom. The van der Waals surface area contributed by atoms with Crippen LogP contribution in [0, 0.1) is 0 Å². The number of amides is 1. The average Bonchev–Trinajstić information content (AvgIpc) is 2.88. The Morgan fingerprint density at radius 2 is 2.05 bits per heavy atom. The molecule has 20 heavy (non-hydrogen) atoms. The first-order valence-corrected chi connectivity index (χ1v) is 6.86. The SMILES string of the molecule is O=C(O)CCNC(=O)Cc1csc(-c2ccncc2)n1. The molecule has 2 aromatic heterocycles. The lowest BCUT2D eigenvalue weighted by Crippen LogP contribution is -2.27. The molecule has 2 N–H and O–H groups in total. The summed E-state index contributed by atoms with van der Waals surface area (Å²) in [6.07, 6.45) is 3.45. The predicted molar refractivity (Wildman–Crippen MR) is 74.3 cm³/mol. The number of rotatable bonds is 6. The van der Waals surface area contributed by atoms with Gasteiger partial charge in [0, 0.05) is 29.9 Å². The van der Waals surface area contributed by atoms with Gasteiger partial charge in [0.15, 0.2) is 0 Å². The summed E-state index contributed by atoms with van der Waals surface area (Å²) in [5.41, 5.74) is 1.64. The zero-order valence-electron chi connectivity index (χ0n) is 10.6. The number of hydrogen-bond donors (Lipinski definition) is 2. The number of thiazole rings is 1. The molecule has 0 bridgehead atoms. The Labute approximate surface area is 119 Å². The van der Waals surface area contributed by atoms with Gasteiger partial charge < -0.3 is 10.4 Å². The second kappa shape index (κ2) is 6.76. The van der Waals surface area contributed by atoms with Crippen molar-refractivity contribution in [1.29, 1.82) is 0 Å². The fourth-order valence-corrected chi connectivity index (χ4v) is 2.38. The summed E-state index contributed by atoms with van der Waals surface area (Å²) in [6.45, 7) is 0.134. The quantitative estimate of drug-likeness (QED) is 0.838. The van der Waals surface area contributed by atoms with Gasteiger partial charge in [-0.3, -0.25) is 14.6 Å². The smallest absolute Gasteiger partial charge is 0.305 e. The molecular formula is C13H13N3O3S. The van der Waals surface area contributed by atoms with Gasteiger partial charge in [0.05, 0.1) is 18.5 Å². The van der Waals surface area contributed by atoms with Crippen molar-refractivity contribution in [3.8, 4) is 10.6 Å². The number of carboxylic acid groups (broad SMARTS) is 1. The molecule has 0 aliphatic heterocycles. The molecule has 0 saturated heterocycles. The van der Waals surface area contributed by atoms with E-state index in [2.05, 4.69) is 15.3 Å². The molecule has 0 aliphatic rings. The van der Waals surface area contributed by atoms with E-state index in [-0.39, 0.29) is 25.3 Å². The van der Waals surface area contributed by atoms with Crippen LogP contribution in [0.5, 0.6) is 0 Å². The molecule has 2 aromatic rings. The van der Waals surface area contributed by atoms with Gasteiger partial charge in [-0.15, -0.1) is 11.3 Å². The van der Waals surface area contributed by atoms with Gasteiger partial charge in [-0.25, -0.2) is 4.98 Å². The molecule has 0 unspecified atom stereocenters. The number of carbonyl (C=O) groups excluding carboxylic acids is 1. The van der Waals surface area contributed by atoms with Crippen molar-refractivity contribution in [1.82, 2.24) is 15.3 Å². The van der Waals surface area contributed by atoms with Gasteiger partial charge in [-0.2, -0.15) is 0 Å². The van der Waals surface area contributed by atoms with E-state index in [1.54, 1.807) is 12.4 Å². The molecule has 0 atom stereocenters. The van der Waals surface area contributed by atoms with Crippen molar-refractivity contribution in [3.05, 3.63) is 35.6 Å². The first kappa shape index (κ1) is 14.1. The summed E-state index contributed by atoms with van der Waals surface area (Å²) in [5.74, 6) is -1.16. The number of carbonyl (C=O) groups is 2. The minimum Gasteiger partial charge on any atom is -0.481 e. The number of aromatic nitrogens is 2. The van der Waals surface area contributed by atoms with Gasteiger partial charge in [0.1, 0.15) is 5.01 Å². The van der Waals surface area contributed by atoms with Crippen molar-refractivity contribution < 1.29 is 14.7 Å². The van der Waals surface area contributed by atoms with E-state index in [4.69, 9.17) is 5.11 Å². The highest BCUT2D eigenvalue weighted by molar-refractivity contribution is 7.13. The fourth-order valence-electron chi connectivity index (χ4n) is 1.55. The van der Waals surface area contributed by atoms with Gasteiger partial charge in [-0.1, -0.05) is 0 Å². The minimum absolute atomic E-state index is 0.0783. The van der Waals surface area contributed by atoms with Crippen molar-refractivity contribution in [2.75, 3.05) is 6.54 Å². The Kier molecular flexibility index (Phi) is 4.78. The maximum absolute atomic E-state index is 11.6. The summed E-state index contributed by atoms with van der Waals surface area (Å²) in [4.78, 5) is 30.2. The second-order valence-electron chi connectivity index (χ2n) is 4.05. The zero-order chi connectivity index (χ0) is 14.4. The molecule has 104 valence electrons. The monoisotopic (exact) mass is 291 g/mol.